The van der Waals surface area contributed by atoms with Gasteiger partial charge >= 0.3 is 11.4 Å². The summed E-state index contributed by atoms with van der Waals surface area (Å²) in [6.07, 6.45) is 3.04. The number of nitro benzene ring substituents is 1. The van der Waals surface area contributed by atoms with E-state index in [1.54, 1.807) is 7.05 Å². The van der Waals surface area contributed by atoms with Crippen molar-refractivity contribution in [1.82, 2.24) is 9.13 Å². The third kappa shape index (κ3) is 2.02. The van der Waals surface area contributed by atoms with Gasteiger partial charge in [0.2, 0.25) is 5.82 Å². The Morgan fingerprint density at radius 3 is 2.67 bits per heavy atom. The number of rotatable bonds is 3. The maximum atomic E-state index is 13.8. The Morgan fingerprint density at radius 2 is 2.11 bits per heavy atom. The van der Waals surface area contributed by atoms with Gasteiger partial charge in [-0.3, -0.25) is 14.7 Å². The van der Waals surface area contributed by atoms with E-state index in [0.29, 0.717) is 0 Å². The molecule has 0 aliphatic heterocycles. The van der Waals surface area contributed by atoms with Gasteiger partial charge < -0.3 is 4.57 Å². The molecule has 1 heterocycles. The molecule has 0 bridgehead atoms. The van der Waals surface area contributed by atoms with Gasteiger partial charge in [0.25, 0.3) is 0 Å². The molecular weight excluding hydrogens is 241 g/mol. The van der Waals surface area contributed by atoms with Gasteiger partial charge in [0.05, 0.1) is 11.5 Å². The van der Waals surface area contributed by atoms with Crippen molar-refractivity contribution in [2.75, 3.05) is 0 Å². The summed E-state index contributed by atoms with van der Waals surface area (Å²) in [7, 11) is 1.57. The number of halogens is 1. The van der Waals surface area contributed by atoms with E-state index in [1.165, 1.54) is 33.7 Å². The first kappa shape index (κ1) is 12.0. The molecule has 0 N–H and O–H groups in total. The highest BCUT2D eigenvalue weighted by molar-refractivity contribution is 5.36. The predicted molar refractivity (Wildman–Crippen MR) is 61.8 cm³/mol. The van der Waals surface area contributed by atoms with Crippen LogP contribution in [-0.4, -0.2) is 14.1 Å². The zero-order valence-electron chi connectivity index (χ0n) is 9.54. The lowest BCUT2D eigenvalue weighted by Gasteiger charge is -2.03. The fraction of sp³-hybridized carbons (Fsp3) is 0.182. The second-order valence-corrected chi connectivity index (χ2v) is 3.83. The molecule has 0 amide bonds. The number of hydrogen-bond acceptors (Lipinski definition) is 3. The molecular formula is C11H10FN3O3. The fourth-order valence-electron chi connectivity index (χ4n) is 1.64. The number of benzene rings is 1. The van der Waals surface area contributed by atoms with E-state index in [0.717, 1.165) is 6.07 Å². The van der Waals surface area contributed by atoms with Gasteiger partial charge in [-0.1, -0.05) is 12.1 Å². The van der Waals surface area contributed by atoms with Gasteiger partial charge in [0, 0.05) is 31.1 Å². The van der Waals surface area contributed by atoms with Crippen LogP contribution in [0.25, 0.3) is 0 Å². The SMILES string of the molecule is Cn1ccn(Cc2cccc([N+](=O)[O-])c2F)c1=O. The van der Waals surface area contributed by atoms with Crippen molar-refractivity contribution in [2.45, 2.75) is 6.54 Å². The molecule has 0 radical (unpaired) electrons. The zero-order chi connectivity index (χ0) is 13.3. The Hall–Kier alpha value is -2.44. The Kier molecular flexibility index (Phi) is 2.97. The molecule has 0 saturated heterocycles. The van der Waals surface area contributed by atoms with E-state index < -0.39 is 16.4 Å². The molecule has 7 heteroatoms. The number of imidazole rings is 1. The molecule has 2 aromatic rings. The summed E-state index contributed by atoms with van der Waals surface area (Å²) >= 11 is 0. The zero-order valence-corrected chi connectivity index (χ0v) is 9.54. The van der Waals surface area contributed by atoms with Crippen molar-refractivity contribution in [1.29, 1.82) is 0 Å². The fourth-order valence-corrected chi connectivity index (χ4v) is 1.64. The van der Waals surface area contributed by atoms with Gasteiger partial charge in [-0.25, -0.2) is 4.79 Å². The van der Waals surface area contributed by atoms with Gasteiger partial charge in [-0.15, -0.1) is 0 Å². The monoisotopic (exact) mass is 251 g/mol. The van der Waals surface area contributed by atoms with Gasteiger partial charge in [0.1, 0.15) is 0 Å². The smallest absolute Gasteiger partial charge is 0.302 e. The number of aromatic nitrogens is 2. The molecule has 0 aliphatic rings. The topological polar surface area (TPSA) is 70.1 Å². The molecule has 0 aliphatic carbocycles. The summed E-state index contributed by atoms with van der Waals surface area (Å²) in [5, 5.41) is 10.6. The van der Waals surface area contributed by atoms with Crippen LogP contribution >= 0.6 is 0 Å². The highest BCUT2D eigenvalue weighted by atomic mass is 19.1. The van der Waals surface area contributed by atoms with Gasteiger partial charge in [0.15, 0.2) is 0 Å². The van der Waals surface area contributed by atoms with E-state index in [9.17, 15) is 19.3 Å². The first-order valence-corrected chi connectivity index (χ1v) is 5.14. The molecule has 6 nitrogen and oxygen atoms in total. The lowest BCUT2D eigenvalue weighted by molar-refractivity contribution is -0.387. The van der Waals surface area contributed by atoms with E-state index in [-0.39, 0.29) is 17.8 Å². The standard InChI is InChI=1S/C11H10FN3O3/c1-13-5-6-14(11(13)16)7-8-3-2-4-9(10(8)12)15(17)18/h2-6H,7H2,1H3. The van der Waals surface area contributed by atoms with Crippen LogP contribution in [0.5, 0.6) is 0 Å². The normalized spacial score (nSPS) is 10.6. The average molecular weight is 251 g/mol. The summed E-state index contributed by atoms with van der Waals surface area (Å²) in [5.41, 5.74) is -0.783. The molecule has 0 fully saturated rings. The van der Waals surface area contributed by atoms with Crippen molar-refractivity contribution in [3.8, 4) is 0 Å². The second-order valence-electron chi connectivity index (χ2n) is 3.83. The largest absolute Gasteiger partial charge is 0.328 e. The van der Waals surface area contributed by atoms with Crippen LogP contribution < -0.4 is 5.69 Å². The maximum Gasteiger partial charge on any atom is 0.328 e. The van der Waals surface area contributed by atoms with Crippen molar-refractivity contribution < 1.29 is 9.31 Å². The Morgan fingerprint density at radius 1 is 1.39 bits per heavy atom. The van der Waals surface area contributed by atoms with E-state index in [1.807, 2.05) is 0 Å². The Labute approximate surface area is 101 Å². The first-order chi connectivity index (χ1) is 8.50. The minimum Gasteiger partial charge on any atom is -0.302 e. The molecule has 0 spiro atoms. The molecule has 0 saturated carbocycles. The van der Waals surface area contributed by atoms with Crippen LogP contribution in [-0.2, 0) is 13.6 Å². The van der Waals surface area contributed by atoms with E-state index in [2.05, 4.69) is 0 Å². The molecule has 94 valence electrons. The van der Waals surface area contributed by atoms with E-state index in [4.69, 9.17) is 0 Å². The van der Waals surface area contributed by atoms with Crippen LogP contribution in [0.4, 0.5) is 10.1 Å². The van der Waals surface area contributed by atoms with Crippen molar-refractivity contribution >= 4 is 5.69 Å². The Balaban J connectivity index is 2.41. The third-order valence-corrected chi connectivity index (χ3v) is 2.61. The van der Waals surface area contributed by atoms with Crippen LogP contribution in [0.2, 0.25) is 0 Å². The van der Waals surface area contributed by atoms with Crippen LogP contribution in [0, 0.1) is 15.9 Å². The number of nitro groups is 1. The summed E-state index contributed by atoms with van der Waals surface area (Å²) in [6.45, 7) is -0.0345. The van der Waals surface area contributed by atoms with Gasteiger partial charge in [-0.2, -0.15) is 4.39 Å². The maximum absolute atomic E-state index is 13.8. The number of aryl methyl sites for hydroxylation is 1. The van der Waals surface area contributed by atoms with Crippen LogP contribution in [0.1, 0.15) is 5.56 Å². The third-order valence-electron chi connectivity index (χ3n) is 2.61. The Bertz CT molecular complexity index is 660. The quantitative estimate of drug-likeness (QED) is 0.609. The van der Waals surface area contributed by atoms with Crippen LogP contribution in [0.15, 0.2) is 35.4 Å². The molecule has 1 aromatic heterocycles. The molecule has 0 atom stereocenters. The minimum atomic E-state index is -0.904. The summed E-state index contributed by atoms with van der Waals surface area (Å²) in [6, 6.07) is 3.90. The van der Waals surface area contributed by atoms with Crippen molar-refractivity contribution in [3.63, 3.8) is 0 Å². The van der Waals surface area contributed by atoms with E-state index >= 15 is 0 Å². The molecule has 2 rings (SSSR count). The average Bonchev–Trinajstić information content (AvgIpc) is 2.63. The molecule has 18 heavy (non-hydrogen) atoms. The second kappa shape index (κ2) is 4.44. The summed E-state index contributed by atoms with van der Waals surface area (Å²) in [5.74, 6) is -0.904. The lowest BCUT2D eigenvalue weighted by atomic mass is 10.2. The minimum absolute atomic E-state index is 0.0345. The predicted octanol–water partition coefficient (Wildman–Crippen LogP) is 1.28. The van der Waals surface area contributed by atoms with Crippen molar-refractivity contribution in [2.24, 2.45) is 7.05 Å². The van der Waals surface area contributed by atoms with Crippen LogP contribution in [0.3, 0.4) is 0 Å². The molecule has 0 unspecified atom stereocenters. The summed E-state index contributed by atoms with van der Waals surface area (Å²) < 4.78 is 16.4. The van der Waals surface area contributed by atoms with Crippen molar-refractivity contribution in [3.05, 3.63) is 62.6 Å². The summed E-state index contributed by atoms with van der Waals surface area (Å²) in [4.78, 5) is 21.4. The van der Waals surface area contributed by atoms with Gasteiger partial charge in [-0.05, 0) is 0 Å². The lowest BCUT2D eigenvalue weighted by Crippen LogP contribution is -2.22. The highest BCUT2D eigenvalue weighted by Crippen LogP contribution is 2.20. The highest BCUT2D eigenvalue weighted by Gasteiger charge is 2.17. The number of nitrogens with zero attached hydrogens (tertiary/aromatic N) is 3. The first-order valence-electron chi connectivity index (χ1n) is 5.14. The molecule has 1 aromatic carbocycles. The number of hydrogen-bond donors (Lipinski definition) is 0.